The summed E-state index contributed by atoms with van der Waals surface area (Å²) in [4.78, 5) is 8.56. The molecule has 1 fully saturated rings. The molecule has 4 heteroatoms. The third kappa shape index (κ3) is 2.92. The third-order valence-corrected chi connectivity index (χ3v) is 3.05. The summed E-state index contributed by atoms with van der Waals surface area (Å²) in [6, 6.07) is 1.96. The summed E-state index contributed by atoms with van der Waals surface area (Å²) in [5.41, 5.74) is 0.987. The topological polar surface area (TPSA) is 58.0 Å². The molecule has 0 aromatic carbocycles. The normalized spacial score (nSPS) is 24.7. The standard InChI is InChI=1S/C12H19N3O/c1-8-5-12(15-9(2)14-8)13-7-10-3-4-11(16)6-10/h5,10-11,16H,3-4,6-7H2,1-2H3,(H,13,14,15). The number of hydrogen-bond donors (Lipinski definition) is 2. The van der Waals surface area contributed by atoms with Crippen LogP contribution in [0.15, 0.2) is 6.07 Å². The Morgan fingerprint density at radius 3 is 2.81 bits per heavy atom. The van der Waals surface area contributed by atoms with Gasteiger partial charge in [0.1, 0.15) is 11.6 Å². The molecule has 1 aliphatic carbocycles. The van der Waals surface area contributed by atoms with Gasteiger partial charge in [-0.05, 0) is 39.0 Å². The second-order valence-electron chi connectivity index (χ2n) is 4.66. The first-order valence-electron chi connectivity index (χ1n) is 5.87. The highest BCUT2D eigenvalue weighted by molar-refractivity contribution is 5.35. The van der Waals surface area contributed by atoms with E-state index < -0.39 is 0 Å². The Morgan fingerprint density at radius 1 is 1.38 bits per heavy atom. The van der Waals surface area contributed by atoms with E-state index in [0.717, 1.165) is 43.1 Å². The van der Waals surface area contributed by atoms with Crippen molar-refractivity contribution in [1.29, 1.82) is 0 Å². The van der Waals surface area contributed by atoms with Gasteiger partial charge in [0.2, 0.25) is 0 Å². The van der Waals surface area contributed by atoms with Crippen LogP contribution in [0.25, 0.3) is 0 Å². The second kappa shape index (κ2) is 4.78. The molecule has 0 spiro atoms. The van der Waals surface area contributed by atoms with Gasteiger partial charge in [-0.25, -0.2) is 9.97 Å². The van der Waals surface area contributed by atoms with Crippen LogP contribution in [0.1, 0.15) is 30.8 Å². The van der Waals surface area contributed by atoms with Crippen molar-refractivity contribution < 1.29 is 5.11 Å². The SMILES string of the molecule is Cc1cc(NCC2CCC(O)C2)nc(C)n1. The van der Waals surface area contributed by atoms with Gasteiger partial charge in [0, 0.05) is 18.3 Å². The van der Waals surface area contributed by atoms with Gasteiger partial charge in [0.25, 0.3) is 0 Å². The summed E-state index contributed by atoms with van der Waals surface area (Å²) in [7, 11) is 0. The molecule has 1 aliphatic rings. The minimum atomic E-state index is -0.0966. The number of aromatic nitrogens is 2. The summed E-state index contributed by atoms with van der Waals surface area (Å²) >= 11 is 0. The number of anilines is 1. The highest BCUT2D eigenvalue weighted by Gasteiger charge is 2.22. The molecule has 0 saturated heterocycles. The van der Waals surface area contributed by atoms with E-state index in [4.69, 9.17) is 0 Å². The second-order valence-corrected chi connectivity index (χ2v) is 4.66. The lowest BCUT2D eigenvalue weighted by Gasteiger charge is -2.11. The van der Waals surface area contributed by atoms with E-state index in [1.807, 2.05) is 19.9 Å². The molecule has 88 valence electrons. The fraction of sp³-hybridized carbons (Fsp3) is 0.667. The lowest BCUT2D eigenvalue weighted by Crippen LogP contribution is -2.14. The molecule has 1 heterocycles. The van der Waals surface area contributed by atoms with Gasteiger partial charge in [-0.15, -0.1) is 0 Å². The van der Waals surface area contributed by atoms with Crippen LogP contribution in [0, 0.1) is 19.8 Å². The van der Waals surface area contributed by atoms with E-state index in [0.29, 0.717) is 5.92 Å². The van der Waals surface area contributed by atoms with E-state index in [-0.39, 0.29) is 6.10 Å². The fourth-order valence-electron chi connectivity index (χ4n) is 2.29. The molecular weight excluding hydrogens is 202 g/mol. The molecule has 1 aromatic rings. The zero-order valence-corrected chi connectivity index (χ0v) is 9.90. The number of aliphatic hydroxyl groups is 1. The summed E-state index contributed by atoms with van der Waals surface area (Å²) in [6.07, 6.45) is 2.86. The Bertz CT molecular complexity index is 347. The molecule has 0 bridgehead atoms. The van der Waals surface area contributed by atoms with Crippen LogP contribution < -0.4 is 5.32 Å². The smallest absolute Gasteiger partial charge is 0.129 e. The monoisotopic (exact) mass is 221 g/mol. The lowest BCUT2D eigenvalue weighted by atomic mass is 10.1. The Labute approximate surface area is 96.1 Å². The van der Waals surface area contributed by atoms with Crippen molar-refractivity contribution >= 4 is 5.82 Å². The molecule has 2 rings (SSSR count). The maximum absolute atomic E-state index is 9.43. The quantitative estimate of drug-likeness (QED) is 0.815. The zero-order chi connectivity index (χ0) is 11.5. The predicted molar refractivity (Wildman–Crippen MR) is 63.3 cm³/mol. The van der Waals surface area contributed by atoms with Crippen LogP contribution in [-0.2, 0) is 0 Å². The fourth-order valence-corrected chi connectivity index (χ4v) is 2.29. The van der Waals surface area contributed by atoms with Gasteiger partial charge in [-0.2, -0.15) is 0 Å². The van der Waals surface area contributed by atoms with Gasteiger partial charge in [-0.3, -0.25) is 0 Å². The summed E-state index contributed by atoms with van der Waals surface area (Å²) < 4.78 is 0. The first-order valence-corrected chi connectivity index (χ1v) is 5.87. The van der Waals surface area contributed by atoms with Gasteiger partial charge >= 0.3 is 0 Å². The molecule has 1 aromatic heterocycles. The summed E-state index contributed by atoms with van der Waals surface area (Å²) in [5, 5.41) is 12.8. The minimum absolute atomic E-state index is 0.0966. The van der Waals surface area contributed by atoms with Crippen molar-refractivity contribution in [2.24, 2.45) is 5.92 Å². The molecule has 2 unspecified atom stereocenters. The highest BCUT2D eigenvalue weighted by atomic mass is 16.3. The maximum atomic E-state index is 9.43. The van der Waals surface area contributed by atoms with Crippen LogP contribution in [0.2, 0.25) is 0 Å². The van der Waals surface area contributed by atoms with E-state index in [9.17, 15) is 5.11 Å². The van der Waals surface area contributed by atoms with Gasteiger partial charge in [-0.1, -0.05) is 0 Å². The summed E-state index contributed by atoms with van der Waals surface area (Å²) in [6.45, 7) is 4.77. The number of aryl methyl sites for hydroxylation is 2. The zero-order valence-electron chi connectivity index (χ0n) is 9.90. The first-order chi connectivity index (χ1) is 7.63. The summed E-state index contributed by atoms with van der Waals surface area (Å²) in [5.74, 6) is 2.27. The average Bonchev–Trinajstić information content (AvgIpc) is 2.60. The molecular formula is C12H19N3O. The molecule has 0 aliphatic heterocycles. The van der Waals surface area contributed by atoms with Crippen LogP contribution in [0.3, 0.4) is 0 Å². The molecule has 16 heavy (non-hydrogen) atoms. The third-order valence-electron chi connectivity index (χ3n) is 3.05. The van der Waals surface area contributed by atoms with Crippen molar-refractivity contribution in [3.63, 3.8) is 0 Å². The maximum Gasteiger partial charge on any atom is 0.129 e. The van der Waals surface area contributed by atoms with Crippen LogP contribution in [-0.4, -0.2) is 27.7 Å². The van der Waals surface area contributed by atoms with Crippen molar-refractivity contribution in [3.05, 3.63) is 17.6 Å². The number of aliphatic hydroxyl groups excluding tert-OH is 1. The van der Waals surface area contributed by atoms with Crippen molar-refractivity contribution in [2.75, 3.05) is 11.9 Å². The Balaban J connectivity index is 1.89. The Morgan fingerprint density at radius 2 is 2.19 bits per heavy atom. The average molecular weight is 221 g/mol. The van der Waals surface area contributed by atoms with E-state index >= 15 is 0 Å². The van der Waals surface area contributed by atoms with Crippen LogP contribution >= 0.6 is 0 Å². The lowest BCUT2D eigenvalue weighted by molar-refractivity contribution is 0.178. The number of rotatable bonds is 3. The van der Waals surface area contributed by atoms with Gasteiger partial charge < -0.3 is 10.4 Å². The number of hydrogen-bond acceptors (Lipinski definition) is 4. The van der Waals surface area contributed by atoms with Gasteiger partial charge in [0.15, 0.2) is 0 Å². The Kier molecular flexibility index (Phi) is 3.39. The van der Waals surface area contributed by atoms with Crippen molar-refractivity contribution in [3.8, 4) is 0 Å². The van der Waals surface area contributed by atoms with Crippen molar-refractivity contribution in [2.45, 2.75) is 39.2 Å². The number of nitrogens with zero attached hydrogens (tertiary/aromatic N) is 2. The molecule has 4 nitrogen and oxygen atoms in total. The molecule has 2 atom stereocenters. The van der Waals surface area contributed by atoms with Gasteiger partial charge in [0.05, 0.1) is 6.10 Å². The number of nitrogens with one attached hydrogen (secondary N) is 1. The molecule has 2 N–H and O–H groups in total. The largest absolute Gasteiger partial charge is 0.393 e. The first kappa shape index (κ1) is 11.3. The van der Waals surface area contributed by atoms with Crippen LogP contribution in [0.4, 0.5) is 5.82 Å². The van der Waals surface area contributed by atoms with E-state index in [1.165, 1.54) is 0 Å². The molecule has 0 amide bonds. The molecule has 1 saturated carbocycles. The highest BCUT2D eigenvalue weighted by Crippen LogP contribution is 2.25. The molecule has 0 radical (unpaired) electrons. The van der Waals surface area contributed by atoms with E-state index in [1.54, 1.807) is 0 Å². The van der Waals surface area contributed by atoms with Crippen molar-refractivity contribution in [1.82, 2.24) is 9.97 Å². The minimum Gasteiger partial charge on any atom is -0.393 e. The Hall–Kier alpha value is -1.16. The van der Waals surface area contributed by atoms with Crippen LogP contribution in [0.5, 0.6) is 0 Å². The predicted octanol–water partition coefficient (Wildman–Crippen LogP) is 1.67. The van der Waals surface area contributed by atoms with E-state index in [2.05, 4.69) is 15.3 Å².